The molecule has 0 radical (unpaired) electrons. The number of alkyl carbamates (subject to hydrolysis) is 1. The van der Waals surface area contributed by atoms with Crippen LogP contribution in [0.2, 0.25) is 0 Å². The molecule has 6 rings (SSSR count). The summed E-state index contributed by atoms with van der Waals surface area (Å²) in [6, 6.07) is 15.7. The maximum Gasteiger partial charge on any atom is 0.407 e. The van der Waals surface area contributed by atoms with Crippen molar-refractivity contribution in [3.8, 4) is 33.9 Å². The van der Waals surface area contributed by atoms with Crippen molar-refractivity contribution in [1.82, 2.24) is 45.9 Å². The molecule has 2 amide bonds. The molecular weight excluding hydrogens is 558 g/mol. The third kappa shape index (κ3) is 6.35. The number of carbonyl (C=O) groups excluding carboxylic acids is 2. The molecule has 0 bridgehead atoms. The minimum Gasteiger partial charge on any atom is -0.453 e. The fraction of sp³-hybridized carbons (Fsp3) is 0.250. The zero-order valence-corrected chi connectivity index (χ0v) is 24.4. The Kier molecular flexibility index (Phi) is 8.41. The SMILES string of the molecule is COC(=O)N[C@@H](C(=O)N[C@@H](C)c1ncc(-c2ccc(-c3ncc(-c4cnc([C@@H]5CCCN5)[nH]4)cn3)cc2)[nH]1)c1ccccc1. The van der Waals surface area contributed by atoms with E-state index in [-0.39, 0.29) is 11.9 Å². The standard InChI is InChI=1S/C32H33N9O3/c1-19(38-31(42)27(41-32(43)44-2)21-7-4-3-5-8-21)28-36-17-25(39-28)20-10-12-22(13-11-20)29-34-15-23(16-35-29)26-18-37-30(40-26)24-9-6-14-33-24/h3-5,7-8,10-13,15-19,24,27,33H,6,9,14H2,1-2H3,(H,36,39)(H,37,40)(H,38,42)(H,41,43)/t19-,24-,27+/m0/s1. The number of nitrogens with one attached hydrogen (secondary N) is 5. The van der Waals surface area contributed by atoms with Crippen LogP contribution < -0.4 is 16.0 Å². The number of imidazole rings is 2. The van der Waals surface area contributed by atoms with Crippen molar-refractivity contribution in [3.63, 3.8) is 0 Å². The van der Waals surface area contributed by atoms with Crippen LogP contribution in [0.25, 0.3) is 33.9 Å². The lowest BCUT2D eigenvalue weighted by Gasteiger charge is -2.20. The summed E-state index contributed by atoms with van der Waals surface area (Å²) >= 11 is 0. The van der Waals surface area contributed by atoms with E-state index < -0.39 is 18.2 Å². The van der Waals surface area contributed by atoms with Gasteiger partial charge in [-0.25, -0.2) is 24.7 Å². The molecule has 12 nitrogen and oxygen atoms in total. The van der Waals surface area contributed by atoms with Gasteiger partial charge in [0.2, 0.25) is 5.91 Å². The number of methoxy groups -OCH3 is 1. The Morgan fingerprint density at radius 3 is 2.25 bits per heavy atom. The van der Waals surface area contributed by atoms with E-state index in [1.165, 1.54) is 7.11 Å². The highest BCUT2D eigenvalue weighted by atomic mass is 16.5. The lowest BCUT2D eigenvalue weighted by molar-refractivity contribution is -0.123. The third-order valence-corrected chi connectivity index (χ3v) is 7.61. The Morgan fingerprint density at radius 2 is 1.55 bits per heavy atom. The van der Waals surface area contributed by atoms with Crippen LogP contribution in [-0.2, 0) is 9.53 Å². The molecular formula is C32H33N9O3. The summed E-state index contributed by atoms with van der Waals surface area (Å²) < 4.78 is 4.71. The Morgan fingerprint density at radius 1 is 0.841 bits per heavy atom. The van der Waals surface area contributed by atoms with Crippen LogP contribution in [0.3, 0.4) is 0 Å². The number of hydrogen-bond acceptors (Lipinski definition) is 8. The summed E-state index contributed by atoms with van der Waals surface area (Å²) in [6.45, 7) is 2.84. The first kappa shape index (κ1) is 28.7. The monoisotopic (exact) mass is 591 g/mol. The fourth-order valence-corrected chi connectivity index (χ4v) is 5.18. The van der Waals surface area contributed by atoms with Gasteiger partial charge in [0.25, 0.3) is 0 Å². The first-order valence-corrected chi connectivity index (χ1v) is 14.4. The summed E-state index contributed by atoms with van der Waals surface area (Å²) in [4.78, 5) is 49.9. The quantitative estimate of drug-likeness (QED) is 0.166. The second-order valence-corrected chi connectivity index (χ2v) is 10.6. The molecule has 0 unspecified atom stereocenters. The summed E-state index contributed by atoms with van der Waals surface area (Å²) in [5.41, 5.74) is 5.00. The Labute approximate surface area is 254 Å². The van der Waals surface area contributed by atoms with E-state index in [9.17, 15) is 9.59 Å². The molecule has 224 valence electrons. The van der Waals surface area contributed by atoms with Crippen molar-refractivity contribution in [3.05, 3.63) is 96.6 Å². The molecule has 3 aromatic heterocycles. The predicted octanol–water partition coefficient (Wildman–Crippen LogP) is 4.62. The van der Waals surface area contributed by atoms with E-state index in [4.69, 9.17) is 4.74 Å². The number of aromatic amines is 2. The van der Waals surface area contributed by atoms with Crippen LogP contribution in [0.5, 0.6) is 0 Å². The molecule has 4 heterocycles. The molecule has 5 aromatic rings. The van der Waals surface area contributed by atoms with Gasteiger partial charge in [0.05, 0.1) is 43.0 Å². The topological polar surface area (TPSA) is 163 Å². The van der Waals surface area contributed by atoms with Crippen LogP contribution >= 0.6 is 0 Å². The van der Waals surface area contributed by atoms with E-state index >= 15 is 0 Å². The predicted molar refractivity (Wildman–Crippen MR) is 164 cm³/mol. The van der Waals surface area contributed by atoms with Gasteiger partial charge < -0.3 is 30.7 Å². The van der Waals surface area contributed by atoms with Gasteiger partial charge in [0.1, 0.15) is 17.7 Å². The van der Waals surface area contributed by atoms with Crippen LogP contribution in [0, 0.1) is 0 Å². The highest BCUT2D eigenvalue weighted by molar-refractivity contribution is 5.87. The summed E-state index contributed by atoms with van der Waals surface area (Å²) in [7, 11) is 1.25. The Hall–Kier alpha value is -5.36. The largest absolute Gasteiger partial charge is 0.453 e. The molecule has 1 saturated heterocycles. The van der Waals surface area contributed by atoms with Gasteiger partial charge in [-0.05, 0) is 37.4 Å². The lowest BCUT2D eigenvalue weighted by Crippen LogP contribution is -2.41. The Bertz CT molecular complexity index is 1710. The van der Waals surface area contributed by atoms with Crippen molar-refractivity contribution in [2.24, 2.45) is 0 Å². The van der Waals surface area contributed by atoms with Crippen molar-refractivity contribution >= 4 is 12.0 Å². The van der Waals surface area contributed by atoms with E-state index in [0.717, 1.165) is 53.3 Å². The molecule has 0 aliphatic carbocycles. The minimum atomic E-state index is -0.921. The minimum absolute atomic E-state index is 0.276. The van der Waals surface area contributed by atoms with E-state index in [1.54, 1.807) is 42.9 Å². The number of benzene rings is 2. The molecule has 5 N–H and O–H groups in total. The highest BCUT2D eigenvalue weighted by Crippen LogP contribution is 2.26. The first-order valence-electron chi connectivity index (χ1n) is 14.4. The number of hydrogen-bond donors (Lipinski definition) is 5. The smallest absolute Gasteiger partial charge is 0.407 e. The number of nitrogens with zero attached hydrogens (tertiary/aromatic N) is 4. The number of amides is 2. The van der Waals surface area contributed by atoms with Crippen molar-refractivity contribution in [1.29, 1.82) is 0 Å². The number of aromatic nitrogens is 6. The number of rotatable bonds is 9. The molecule has 12 heteroatoms. The fourth-order valence-electron chi connectivity index (χ4n) is 5.18. The van der Waals surface area contributed by atoms with Crippen molar-refractivity contribution in [2.75, 3.05) is 13.7 Å². The van der Waals surface area contributed by atoms with Gasteiger partial charge >= 0.3 is 6.09 Å². The van der Waals surface area contributed by atoms with Crippen LogP contribution in [-0.4, -0.2) is 55.6 Å². The number of carbonyl (C=O) groups is 2. The van der Waals surface area contributed by atoms with Crippen LogP contribution in [0.1, 0.15) is 55.1 Å². The average Bonchev–Trinajstić information content (AvgIpc) is 3.86. The van der Waals surface area contributed by atoms with Gasteiger partial charge in [-0.3, -0.25) is 4.79 Å². The van der Waals surface area contributed by atoms with E-state index in [0.29, 0.717) is 17.2 Å². The highest BCUT2D eigenvalue weighted by Gasteiger charge is 2.25. The zero-order valence-electron chi connectivity index (χ0n) is 24.4. The van der Waals surface area contributed by atoms with Crippen LogP contribution in [0.15, 0.2) is 79.4 Å². The van der Waals surface area contributed by atoms with Gasteiger partial charge in [-0.1, -0.05) is 54.6 Å². The van der Waals surface area contributed by atoms with Crippen LogP contribution in [0.4, 0.5) is 4.79 Å². The summed E-state index contributed by atoms with van der Waals surface area (Å²) in [6.07, 6.45) is 8.69. The van der Waals surface area contributed by atoms with Gasteiger partial charge in [0, 0.05) is 23.5 Å². The molecule has 1 fully saturated rings. The molecule has 1 aliphatic rings. The Balaban J connectivity index is 1.10. The molecule has 2 aromatic carbocycles. The van der Waals surface area contributed by atoms with E-state index in [1.807, 2.05) is 43.5 Å². The second-order valence-electron chi connectivity index (χ2n) is 10.6. The maximum atomic E-state index is 13.1. The normalized spacial score (nSPS) is 15.8. The number of H-pyrrole nitrogens is 2. The number of ether oxygens (including phenoxy) is 1. The van der Waals surface area contributed by atoms with Gasteiger partial charge in [0.15, 0.2) is 5.82 Å². The summed E-state index contributed by atoms with van der Waals surface area (Å²) in [5, 5.41) is 8.97. The zero-order chi connectivity index (χ0) is 30.5. The molecule has 1 aliphatic heterocycles. The lowest BCUT2D eigenvalue weighted by atomic mass is 10.1. The van der Waals surface area contributed by atoms with Crippen molar-refractivity contribution in [2.45, 2.75) is 37.9 Å². The molecule has 0 spiro atoms. The molecule has 3 atom stereocenters. The van der Waals surface area contributed by atoms with Crippen molar-refractivity contribution < 1.29 is 14.3 Å². The average molecular weight is 592 g/mol. The first-order chi connectivity index (χ1) is 21.5. The third-order valence-electron chi connectivity index (χ3n) is 7.61. The van der Waals surface area contributed by atoms with Gasteiger partial charge in [-0.2, -0.15) is 0 Å². The second kappa shape index (κ2) is 12.9. The maximum absolute atomic E-state index is 13.1. The summed E-state index contributed by atoms with van der Waals surface area (Å²) in [5.74, 6) is 1.75. The molecule has 44 heavy (non-hydrogen) atoms. The molecule has 0 saturated carbocycles. The van der Waals surface area contributed by atoms with Gasteiger partial charge in [-0.15, -0.1) is 0 Å². The van der Waals surface area contributed by atoms with E-state index in [2.05, 4.69) is 45.9 Å².